The average molecular weight is 281 g/mol. The Bertz CT molecular complexity index is 392. The number of nitrogens with one attached hydrogen (secondary N) is 1. The second-order valence-electron chi connectivity index (χ2n) is 6.04. The first kappa shape index (κ1) is 15.5. The van der Waals surface area contributed by atoms with Crippen LogP contribution in [0.25, 0.3) is 0 Å². The first-order valence-corrected chi connectivity index (χ1v) is 7.57. The van der Waals surface area contributed by atoms with E-state index in [1.54, 1.807) is 7.11 Å². The number of rotatable bonds is 7. The summed E-state index contributed by atoms with van der Waals surface area (Å²) in [6, 6.07) is 2.06. The van der Waals surface area contributed by atoms with Crippen LogP contribution in [0.15, 0.2) is 10.6 Å². The van der Waals surface area contributed by atoms with E-state index >= 15 is 0 Å². The van der Waals surface area contributed by atoms with Gasteiger partial charge in [0.15, 0.2) is 5.76 Å². The summed E-state index contributed by atoms with van der Waals surface area (Å²) in [5, 5.41) is 7.50. The number of nitrogens with zero attached hydrogens (tertiary/aromatic N) is 2. The standard InChI is InChI=1S/C15H27N3O2/c1-12(2)8-16-9-13-7-15(20-17-13)11-18-6-4-5-14(10-18)19-3/h7,12,14,16H,4-6,8-11H2,1-3H3. The highest BCUT2D eigenvalue weighted by molar-refractivity contribution is 5.05. The molecule has 1 saturated heterocycles. The summed E-state index contributed by atoms with van der Waals surface area (Å²) < 4.78 is 10.9. The van der Waals surface area contributed by atoms with E-state index in [0.717, 1.165) is 50.6 Å². The maximum absolute atomic E-state index is 5.44. The molecular formula is C15H27N3O2. The zero-order valence-corrected chi connectivity index (χ0v) is 12.9. The van der Waals surface area contributed by atoms with Crippen LogP contribution in [0.3, 0.4) is 0 Å². The summed E-state index contributed by atoms with van der Waals surface area (Å²) in [4.78, 5) is 2.38. The maximum Gasteiger partial charge on any atom is 0.151 e. The minimum absolute atomic E-state index is 0.360. The van der Waals surface area contributed by atoms with Crippen LogP contribution in [0.5, 0.6) is 0 Å². The SMILES string of the molecule is COC1CCCN(Cc2cc(CNCC(C)C)no2)C1. The van der Waals surface area contributed by atoms with Gasteiger partial charge in [-0.25, -0.2) is 0 Å². The van der Waals surface area contributed by atoms with Gasteiger partial charge in [0.25, 0.3) is 0 Å². The Morgan fingerprint density at radius 1 is 1.55 bits per heavy atom. The fourth-order valence-electron chi connectivity index (χ4n) is 2.57. The van der Waals surface area contributed by atoms with Crippen molar-refractivity contribution >= 4 is 0 Å². The highest BCUT2D eigenvalue weighted by Gasteiger charge is 2.20. The third-order valence-electron chi connectivity index (χ3n) is 3.64. The van der Waals surface area contributed by atoms with E-state index in [0.29, 0.717) is 12.0 Å². The molecule has 0 amide bonds. The number of likely N-dealkylation sites (tertiary alicyclic amines) is 1. The van der Waals surface area contributed by atoms with Crippen LogP contribution < -0.4 is 5.32 Å². The summed E-state index contributed by atoms with van der Waals surface area (Å²) in [7, 11) is 1.79. The highest BCUT2D eigenvalue weighted by Crippen LogP contribution is 2.16. The van der Waals surface area contributed by atoms with Gasteiger partial charge >= 0.3 is 0 Å². The number of hydrogen-bond donors (Lipinski definition) is 1. The zero-order valence-electron chi connectivity index (χ0n) is 12.9. The smallest absolute Gasteiger partial charge is 0.151 e. The minimum Gasteiger partial charge on any atom is -0.380 e. The molecule has 2 heterocycles. The van der Waals surface area contributed by atoms with Crippen molar-refractivity contribution in [3.63, 3.8) is 0 Å². The molecule has 1 aromatic rings. The lowest BCUT2D eigenvalue weighted by Crippen LogP contribution is -2.38. The van der Waals surface area contributed by atoms with Gasteiger partial charge in [0.2, 0.25) is 0 Å². The summed E-state index contributed by atoms with van der Waals surface area (Å²) in [5.74, 6) is 1.60. The molecule has 1 atom stereocenters. The van der Waals surface area contributed by atoms with Gasteiger partial charge in [-0.1, -0.05) is 19.0 Å². The highest BCUT2D eigenvalue weighted by atomic mass is 16.5. The largest absolute Gasteiger partial charge is 0.380 e. The summed E-state index contributed by atoms with van der Waals surface area (Å²) >= 11 is 0. The molecular weight excluding hydrogens is 254 g/mol. The fraction of sp³-hybridized carbons (Fsp3) is 0.800. The topological polar surface area (TPSA) is 50.5 Å². The Labute approximate surface area is 121 Å². The Morgan fingerprint density at radius 3 is 3.15 bits per heavy atom. The molecule has 1 aliphatic heterocycles. The van der Waals surface area contributed by atoms with E-state index in [1.165, 1.54) is 6.42 Å². The lowest BCUT2D eigenvalue weighted by molar-refractivity contribution is 0.0257. The van der Waals surface area contributed by atoms with E-state index in [1.807, 2.05) is 0 Å². The average Bonchev–Trinajstić information content (AvgIpc) is 2.86. The van der Waals surface area contributed by atoms with Crippen molar-refractivity contribution in [2.75, 3.05) is 26.7 Å². The molecule has 1 fully saturated rings. The molecule has 1 aliphatic rings. The molecule has 1 aromatic heterocycles. The van der Waals surface area contributed by atoms with Crippen molar-refractivity contribution < 1.29 is 9.26 Å². The summed E-state index contributed by atoms with van der Waals surface area (Å²) in [6.07, 6.45) is 2.71. The quantitative estimate of drug-likeness (QED) is 0.829. The minimum atomic E-state index is 0.360. The number of hydrogen-bond acceptors (Lipinski definition) is 5. The number of piperidine rings is 1. The summed E-state index contributed by atoms with van der Waals surface area (Å²) in [6.45, 7) is 9.11. The molecule has 0 radical (unpaired) electrons. The lowest BCUT2D eigenvalue weighted by Gasteiger charge is -2.30. The molecule has 5 heteroatoms. The molecule has 114 valence electrons. The van der Waals surface area contributed by atoms with E-state index in [2.05, 4.69) is 35.3 Å². The van der Waals surface area contributed by atoms with Gasteiger partial charge in [-0.2, -0.15) is 0 Å². The lowest BCUT2D eigenvalue weighted by atomic mass is 10.1. The zero-order chi connectivity index (χ0) is 14.4. The number of methoxy groups -OCH3 is 1. The third-order valence-corrected chi connectivity index (χ3v) is 3.64. The van der Waals surface area contributed by atoms with Crippen LogP contribution in [0.1, 0.15) is 38.1 Å². The Morgan fingerprint density at radius 2 is 2.40 bits per heavy atom. The molecule has 5 nitrogen and oxygen atoms in total. The van der Waals surface area contributed by atoms with Gasteiger partial charge in [0.1, 0.15) is 0 Å². The monoisotopic (exact) mass is 281 g/mol. The molecule has 0 spiro atoms. The molecule has 0 bridgehead atoms. The molecule has 0 saturated carbocycles. The van der Waals surface area contributed by atoms with Crippen LogP contribution in [0, 0.1) is 5.92 Å². The second kappa shape index (κ2) is 7.76. The van der Waals surface area contributed by atoms with Gasteiger partial charge in [-0.3, -0.25) is 4.90 Å². The van der Waals surface area contributed by atoms with Gasteiger partial charge in [-0.05, 0) is 31.8 Å². The van der Waals surface area contributed by atoms with Gasteiger partial charge in [0.05, 0.1) is 18.3 Å². The van der Waals surface area contributed by atoms with Gasteiger partial charge < -0.3 is 14.6 Å². The van der Waals surface area contributed by atoms with Crippen molar-refractivity contribution in [2.45, 2.75) is 45.9 Å². The Balaban J connectivity index is 1.77. The number of ether oxygens (including phenoxy) is 1. The molecule has 2 rings (SSSR count). The predicted octanol–water partition coefficient (Wildman–Crippen LogP) is 2.03. The molecule has 20 heavy (non-hydrogen) atoms. The fourth-order valence-corrected chi connectivity index (χ4v) is 2.57. The van der Waals surface area contributed by atoms with Crippen LogP contribution in [-0.2, 0) is 17.8 Å². The van der Waals surface area contributed by atoms with Crippen molar-refractivity contribution in [2.24, 2.45) is 5.92 Å². The van der Waals surface area contributed by atoms with Crippen LogP contribution in [-0.4, -0.2) is 42.9 Å². The van der Waals surface area contributed by atoms with Crippen molar-refractivity contribution in [1.29, 1.82) is 0 Å². The van der Waals surface area contributed by atoms with E-state index in [9.17, 15) is 0 Å². The molecule has 0 aromatic carbocycles. The molecule has 0 aliphatic carbocycles. The molecule has 1 N–H and O–H groups in total. The van der Waals surface area contributed by atoms with Crippen LogP contribution in [0.4, 0.5) is 0 Å². The Hall–Kier alpha value is -0.910. The third kappa shape index (κ3) is 4.89. The van der Waals surface area contributed by atoms with Crippen LogP contribution in [0.2, 0.25) is 0 Å². The first-order chi connectivity index (χ1) is 9.67. The summed E-state index contributed by atoms with van der Waals surface area (Å²) in [5.41, 5.74) is 0.987. The predicted molar refractivity (Wildman–Crippen MR) is 78.4 cm³/mol. The van der Waals surface area contributed by atoms with Crippen LogP contribution >= 0.6 is 0 Å². The normalized spacial score (nSPS) is 20.7. The van der Waals surface area contributed by atoms with Gasteiger partial charge in [0, 0.05) is 26.3 Å². The van der Waals surface area contributed by atoms with E-state index in [-0.39, 0.29) is 0 Å². The number of aromatic nitrogens is 1. The Kier molecular flexibility index (Phi) is 6.01. The maximum atomic E-state index is 5.44. The van der Waals surface area contributed by atoms with E-state index in [4.69, 9.17) is 9.26 Å². The van der Waals surface area contributed by atoms with Crippen molar-refractivity contribution in [3.05, 3.63) is 17.5 Å². The second-order valence-corrected chi connectivity index (χ2v) is 6.04. The van der Waals surface area contributed by atoms with Gasteiger partial charge in [-0.15, -0.1) is 0 Å². The van der Waals surface area contributed by atoms with E-state index < -0.39 is 0 Å². The van der Waals surface area contributed by atoms with Crippen molar-refractivity contribution in [3.8, 4) is 0 Å². The first-order valence-electron chi connectivity index (χ1n) is 7.57. The molecule has 1 unspecified atom stereocenters. The van der Waals surface area contributed by atoms with Crippen molar-refractivity contribution in [1.82, 2.24) is 15.4 Å².